The second-order valence-corrected chi connectivity index (χ2v) is 9.97. The first-order valence-corrected chi connectivity index (χ1v) is 13.3. The van der Waals surface area contributed by atoms with E-state index >= 15 is 0 Å². The highest BCUT2D eigenvalue weighted by Crippen LogP contribution is 2.23. The summed E-state index contributed by atoms with van der Waals surface area (Å²) in [6, 6.07) is 12.7. The van der Waals surface area contributed by atoms with Gasteiger partial charge in [0.05, 0.1) is 6.54 Å². The third-order valence-corrected chi connectivity index (χ3v) is 7.23. The number of rotatable bonds is 7. The smallest absolute Gasteiger partial charge is 0.270 e. The van der Waals surface area contributed by atoms with E-state index in [1.807, 2.05) is 46.3 Å². The fourth-order valence-electron chi connectivity index (χ4n) is 4.96. The van der Waals surface area contributed by atoms with Crippen LogP contribution in [-0.2, 0) is 14.4 Å². The summed E-state index contributed by atoms with van der Waals surface area (Å²) in [6.45, 7) is 2.16. The Balaban J connectivity index is 1.05. The molecule has 1 aromatic heterocycles. The lowest BCUT2D eigenvalue weighted by Gasteiger charge is -2.34. The molecule has 3 N–H and O–H groups in total. The first kappa shape index (κ1) is 26.1. The molecule has 4 heterocycles. The third kappa shape index (κ3) is 6.70. The molecule has 0 spiro atoms. The number of anilines is 1. The largest absolute Gasteiger partial charge is 0.374 e. The van der Waals surface area contributed by atoms with Crippen molar-refractivity contribution in [1.29, 1.82) is 0 Å². The lowest BCUT2D eigenvalue weighted by atomic mass is 10.0. The van der Waals surface area contributed by atoms with Crippen molar-refractivity contribution < 1.29 is 19.2 Å². The minimum atomic E-state index is -0.412. The van der Waals surface area contributed by atoms with Crippen LogP contribution in [0.3, 0.4) is 0 Å². The Kier molecular flexibility index (Phi) is 8.00. The standard InChI is InChI=1S/C29H32N6O4/c36-26-9-8-25(29(39)33-26)31-22-6-4-20(5-7-22)21-10-15-34(16-11-21)19-27(37)35-17-12-23(13-18-35)32-28(38)24-3-1-2-14-30-24/h1-7,10-11,14-15,23,25,31H,8-9,12-13,16-19H2,(H,32,38)(H,33,36,39). The maximum Gasteiger partial charge on any atom is 0.270 e. The molecule has 0 radical (unpaired) electrons. The van der Waals surface area contributed by atoms with Crippen LogP contribution >= 0.6 is 0 Å². The summed E-state index contributed by atoms with van der Waals surface area (Å²) in [6.07, 6.45) is 9.90. The maximum absolute atomic E-state index is 12.9. The van der Waals surface area contributed by atoms with Gasteiger partial charge in [-0.1, -0.05) is 24.3 Å². The van der Waals surface area contributed by atoms with Gasteiger partial charge in [-0.25, -0.2) is 0 Å². The number of nitrogens with one attached hydrogen (secondary N) is 3. The van der Waals surface area contributed by atoms with E-state index in [0.29, 0.717) is 44.7 Å². The van der Waals surface area contributed by atoms with Gasteiger partial charge in [-0.15, -0.1) is 0 Å². The van der Waals surface area contributed by atoms with Crippen molar-refractivity contribution in [3.63, 3.8) is 0 Å². The molecule has 5 rings (SSSR count). The molecule has 3 aliphatic heterocycles. The van der Waals surface area contributed by atoms with Gasteiger partial charge in [-0.3, -0.25) is 29.5 Å². The van der Waals surface area contributed by atoms with E-state index in [9.17, 15) is 19.2 Å². The van der Waals surface area contributed by atoms with Crippen molar-refractivity contribution in [3.8, 4) is 0 Å². The number of hydrogen-bond acceptors (Lipinski definition) is 7. The number of imide groups is 1. The van der Waals surface area contributed by atoms with E-state index in [2.05, 4.69) is 27.0 Å². The average Bonchev–Trinajstić information content (AvgIpc) is 2.96. The summed E-state index contributed by atoms with van der Waals surface area (Å²) in [5.41, 5.74) is 3.33. The van der Waals surface area contributed by atoms with E-state index in [1.54, 1.807) is 24.4 Å². The molecular formula is C29H32N6O4. The Morgan fingerprint density at radius 1 is 1.03 bits per heavy atom. The average molecular weight is 529 g/mol. The predicted octanol–water partition coefficient (Wildman–Crippen LogP) is 1.93. The van der Waals surface area contributed by atoms with Gasteiger partial charge in [0.2, 0.25) is 17.7 Å². The van der Waals surface area contributed by atoms with Gasteiger partial charge in [0.25, 0.3) is 5.91 Å². The maximum atomic E-state index is 12.9. The zero-order valence-corrected chi connectivity index (χ0v) is 21.6. The number of allylic oxidation sites excluding steroid dienone is 2. The predicted molar refractivity (Wildman–Crippen MR) is 146 cm³/mol. The van der Waals surface area contributed by atoms with Crippen LogP contribution in [0, 0.1) is 0 Å². The van der Waals surface area contributed by atoms with E-state index in [-0.39, 0.29) is 29.7 Å². The van der Waals surface area contributed by atoms with Gasteiger partial charge in [0.1, 0.15) is 11.7 Å². The lowest BCUT2D eigenvalue weighted by Crippen LogP contribution is -2.48. The zero-order valence-electron chi connectivity index (χ0n) is 21.6. The molecule has 1 unspecified atom stereocenters. The molecule has 10 nitrogen and oxygen atoms in total. The van der Waals surface area contributed by atoms with Gasteiger partial charge >= 0.3 is 0 Å². The Morgan fingerprint density at radius 3 is 2.49 bits per heavy atom. The number of nitrogens with zero attached hydrogens (tertiary/aromatic N) is 3. The number of amides is 4. The number of aromatic nitrogens is 1. The molecule has 0 aliphatic carbocycles. The monoisotopic (exact) mass is 528 g/mol. The first-order chi connectivity index (χ1) is 18.9. The van der Waals surface area contributed by atoms with Crippen LogP contribution in [-0.4, -0.2) is 76.7 Å². The van der Waals surface area contributed by atoms with Gasteiger partial charge < -0.3 is 20.4 Å². The summed E-state index contributed by atoms with van der Waals surface area (Å²) in [5.74, 6) is -0.622. The fraction of sp³-hybridized carbons (Fsp3) is 0.345. The highest BCUT2D eigenvalue weighted by atomic mass is 16.2. The summed E-state index contributed by atoms with van der Waals surface area (Å²) in [4.78, 5) is 56.5. The van der Waals surface area contributed by atoms with Crippen LogP contribution in [0.1, 0.15) is 41.7 Å². The molecule has 10 heteroatoms. The molecule has 202 valence electrons. The lowest BCUT2D eigenvalue weighted by molar-refractivity contribution is -0.134. The van der Waals surface area contributed by atoms with Crippen LogP contribution in [0.2, 0.25) is 0 Å². The normalized spacial score (nSPS) is 19.8. The van der Waals surface area contributed by atoms with Crippen molar-refractivity contribution in [2.45, 2.75) is 37.8 Å². The number of benzene rings is 1. The van der Waals surface area contributed by atoms with E-state index in [1.165, 1.54) is 0 Å². The van der Waals surface area contributed by atoms with Gasteiger partial charge in [0, 0.05) is 50.2 Å². The first-order valence-electron chi connectivity index (χ1n) is 13.3. The summed E-state index contributed by atoms with van der Waals surface area (Å²) in [7, 11) is 0. The second kappa shape index (κ2) is 11.9. The van der Waals surface area contributed by atoms with Crippen LogP contribution in [0.4, 0.5) is 5.69 Å². The van der Waals surface area contributed by atoms with Crippen LogP contribution < -0.4 is 16.0 Å². The highest BCUT2D eigenvalue weighted by molar-refractivity contribution is 6.01. The Bertz CT molecular complexity index is 1280. The summed E-state index contributed by atoms with van der Waals surface area (Å²) < 4.78 is 0. The number of pyridine rings is 1. The SMILES string of the molecule is O=C1CCC(Nc2ccc(C3=CCN(CC(=O)N4CCC(NC(=O)c5ccccn5)CC4)C=C3)cc2)C(=O)N1. The quantitative estimate of drug-likeness (QED) is 0.469. The minimum absolute atomic E-state index is 0.0366. The molecule has 4 amide bonds. The van der Waals surface area contributed by atoms with Crippen LogP contribution in [0.5, 0.6) is 0 Å². The molecule has 0 bridgehead atoms. The van der Waals surface area contributed by atoms with Crippen molar-refractivity contribution in [1.82, 2.24) is 25.4 Å². The molecule has 1 aromatic carbocycles. The van der Waals surface area contributed by atoms with Crippen molar-refractivity contribution in [3.05, 3.63) is 78.3 Å². The van der Waals surface area contributed by atoms with Crippen molar-refractivity contribution >= 4 is 34.9 Å². The minimum Gasteiger partial charge on any atom is -0.374 e. The number of carbonyl (C=O) groups excluding carboxylic acids is 4. The highest BCUT2D eigenvalue weighted by Gasteiger charge is 2.27. The van der Waals surface area contributed by atoms with E-state index in [4.69, 9.17) is 0 Å². The van der Waals surface area contributed by atoms with E-state index < -0.39 is 6.04 Å². The molecule has 2 saturated heterocycles. The zero-order chi connectivity index (χ0) is 27.2. The number of piperidine rings is 2. The van der Waals surface area contributed by atoms with Gasteiger partial charge in [-0.2, -0.15) is 0 Å². The molecule has 2 aromatic rings. The van der Waals surface area contributed by atoms with Crippen LogP contribution in [0.15, 0.2) is 67.0 Å². The number of hydrogen-bond donors (Lipinski definition) is 3. The van der Waals surface area contributed by atoms with Crippen LogP contribution in [0.25, 0.3) is 5.57 Å². The number of carbonyl (C=O) groups is 4. The number of likely N-dealkylation sites (tertiary alicyclic amines) is 1. The Labute approximate surface area is 227 Å². The second-order valence-electron chi connectivity index (χ2n) is 9.97. The Hall–Kier alpha value is -4.47. The Morgan fingerprint density at radius 2 is 1.82 bits per heavy atom. The fourth-order valence-corrected chi connectivity index (χ4v) is 4.96. The van der Waals surface area contributed by atoms with E-state index in [0.717, 1.165) is 29.7 Å². The third-order valence-electron chi connectivity index (χ3n) is 7.23. The van der Waals surface area contributed by atoms with Gasteiger partial charge in [-0.05, 0) is 60.7 Å². The topological polar surface area (TPSA) is 124 Å². The summed E-state index contributed by atoms with van der Waals surface area (Å²) in [5, 5.41) is 8.56. The van der Waals surface area contributed by atoms with Crippen molar-refractivity contribution in [2.24, 2.45) is 0 Å². The molecule has 2 fully saturated rings. The molecular weight excluding hydrogens is 496 g/mol. The molecule has 3 aliphatic rings. The van der Waals surface area contributed by atoms with Crippen molar-refractivity contribution in [2.75, 3.05) is 31.5 Å². The molecule has 0 saturated carbocycles. The van der Waals surface area contributed by atoms with Gasteiger partial charge in [0.15, 0.2) is 0 Å². The molecule has 1 atom stereocenters. The molecule has 39 heavy (non-hydrogen) atoms. The summed E-state index contributed by atoms with van der Waals surface area (Å²) >= 11 is 0.